The predicted octanol–water partition coefficient (Wildman–Crippen LogP) is 3.50. The molecule has 0 bridgehead atoms. The molecule has 0 aliphatic rings. The van der Waals surface area contributed by atoms with Crippen LogP contribution >= 0.6 is 6.49 Å². The third-order valence-corrected chi connectivity index (χ3v) is 6.90. The SMILES string of the molecule is CC(C)COP(=S)(OCC(C)C)C(C)(C)C(=O)O. The molecule has 1 N–H and O–H groups in total. The molecular weight excluding hydrogens is 271 g/mol. The lowest BCUT2D eigenvalue weighted by Crippen LogP contribution is -2.34. The highest BCUT2D eigenvalue weighted by atomic mass is 32.5. The molecule has 0 atom stereocenters. The Hall–Kier alpha value is 0.0400. The highest BCUT2D eigenvalue weighted by Gasteiger charge is 2.45. The van der Waals surface area contributed by atoms with Crippen molar-refractivity contribution in [2.45, 2.75) is 46.7 Å². The Morgan fingerprint density at radius 2 is 1.50 bits per heavy atom. The summed E-state index contributed by atoms with van der Waals surface area (Å²) in [6.07, 6.45) is 0. The summed E-state index contributed by atoms with van der Waals surface area (Å²) in [6, 6.07) is 0. The summed E-state index contributed by atoms with van der Waals surface area (Å²) in [6.45, 7) is 9.14. The van der Waals surface area contributed by atoms with E-state index in [0.717, 1.165) is 0 Å². The van der Waals surface area contributed by atoms with E-state index in [0.29, 0.717) is 25.0 Å². The zero-order valence-electron chi connectivity index (χ0n) is 12.1. The fourth-order valence-corrected chi connectivity index (χ4v) is 3.51. The summed E-state index contributed by atoms with van der Waals surface area (Å²) in [7, 11) is 0. The average molecular weight is 296 g/mol. The molecule has 0 aromatic heterocycles. The molecule has 6 heteroatoms. The lowest BCUT2D eigenvalue weighted by atomic mass is 10.2. The van der Waals surface area contributed by atoms with Crippen molar-refractivity contribution in [3.8, 4) is 0 Å². The molecule has 0 fully saturated rings. The molecule has 18 heavy (non-hydrogen) atoms. The third-order valence-electron chi connectivity index (χ3n) is 2.36. The minimum absolute atomic E-state index is 0.291. The maximum absolute atomic E-state index is 11.4. The van der Waals surface area contributed by atoms with Crippen LogP contribution in [0.1, 0.15) is 41.5 Å². The molecule has 0 aromatic rings. The Morgan fingerprint density at radius 1 is 1.17 bits per heavy atom. The summed E-state index contributed by atoms with van der Waals surface area (Å²) >= 11 is 5.44. The molecule has 4 nitrogen and oxygen atoms in total. The minimum atomic E-state index is -2.85. The smallest absolute Gasteiger partial charge is 0.318 e. The van der Waals surface area contributed by atoms with Crippen molar-refractivity contribution >= 4 is 24.3 Å². The molecule has 0 spiro atoms. The first-order valence-electron chi connectivity index (χ1n) is 6.15. The molecule has 0 radical (unpaired) electrons. The largest absolute Gasteiger partial charge is 0.480 e. The Balaban J connectivity index is 5.02. The summed E-state index contributed by atoms with van der Waals surface area (Å²) in [5.74, 6) is -0.391. The van der Waals surface area contributed by atoms with Gasteiger partial charge in [-0.3, -0.25) is 4.79 Å². The molecule has 0 aliphatic carbocycles. The lowest BCUT2D eigenvalue weighted by Gasteiger charge is -2.34. The molecule has 0 heterocycles. The van der Waals surface area contributed by atoms with E-state index in [2.05, 4.69) is 0 Å². The van der Waals surface area contributed by atoms with Crippen LogP contribution in [0.2, 0.25) is 0 Å². The molecule has 0 amide bonds. The summed E-state index contributed by atoms with van der Waals surface area (Å²) in [5, 5.41) is 8.13. The summed E-state index contributed by atoms with van der Waals surface area (Å²) < 4.78 is 11.4. The van der Waals surface area contributed by atoms with Crippen LogP contribution in [0.4, 0.5) is 0 Å². The van der Waals surface area contributed by atoms with Gasteiger partial charge in [0.05, 0.1) is 13.2 Å². The molecule has 0 saturated carbocycles. The van der Waals surface area contributed by atoms with Crippen LogP contribution in [-0.4, -0.2) is 29.4 Å². The van der Waals surface area contributed by atoms with Crippen LogP contribution in [0.25, 0.3) is 0 Å². The molecule has 0 rings (SSSR count). The Labute approximate surface area is 115 Å². The number of rotatable bonds is 8. The van der Waals surface area contributed by atoms with Crippen LogP contribution in [0.5, 0.6) is 0 Å². The van der Waals surface area contributed by atoms with E-state index in [1.165, 1.54) is 0 Å². The number of hydrogen-bond donors (Lipinski definition) is 1. The van der Waals surface area contributed by atoms with E-state index in [-0.39, 0.29) is 0 Å². The van der Waals surface area contributed by atoms with Crippen molar-refractivity contribution in [2.24, 2.45) is 11.8 Å². The summed E-state index contributed by atoms with van der Waals surface area (Å²) in [5.41, 5.74) is 0. The van der Waals surface area contributed by atoms with Crippen molar-refractivity contribution in [2.75, 3.05) is 13.2 Å². The molecule has 0 unspecified atom stereocenters. The number of carbonyl (C=O) groups is 1. The molecule has 0 saturated heterocycles. The molecule has 108 valence electrons. The van der Waals surface area contributed by atoms with Gasteiger partial charge in [-0.25, -0.2) is 0 Å². The predicted molar refractivity (Wildman–Crippen MR) is 77.6 cm³/mol. The first kappa shape index (κ1) is 18.0. The Bertz CT molecular complexity index is 310. The van der Waals surface area contributed by atoms with Crippen molar-refractivity contribution < 1.29 is 18.9 Å². The van der Waals surface area contributed by atoms with Crippen LogP contribution in [0.3, 0.4) is 0 Å². The Morgan fingerprint density at radius 3 is 1.72 bits per heavy atom. The average Bonchev–Trinajstić information content (AvgIpc) is 2.23. The first-order valence-corrected chi connectivity index (χ1v) is 8.79. The number of carboxylic acid groups (broad SMARTS) is 1. The van der Waals surface area contributed by atoms with Crippen LogP contribution < -0.4 is 0 Å². The standard InChI is InChI=1S/C12H25O4PS/c1-9(2)7-15-17(18,16-8-10(3)4)12(5,6)11(13)14/h9-10H,7-8H2,1-6H3,(H,13,14). The van der Waals surface area contributed by atoms with Gasteiger partial charge in [-0.2, -0.15) is 0 Å². The summed E-state index contributed by atoms with van der Waals surface area (Å²) in [4.78, 5) is 11.4. The van der Waals surface area contributed by atoms with E-state index < -0.39 is 17.6 Å². The molecule has 0 aliphatic heterocycles. The maximum atomic E-state index is 11.4. The quantitative estimate of drug-likeness (QED) is 0.695. The van der Waals surface area contributed by atoms with Gasteiger partial charge in [-0.05, 0) is 37.5 Å². The zero-order valence-corrected chi connectivity index (χ0v) is 13.8. The van der Waals surface area contributed by atoms with Gasteiger partial charge in [-0.1, -0.05) is 27.7 Å². The van der Waals surface area contributed by atoms with Gasteiger partial charge in [0.1, 0.15) is 5.16 Å². The second-order valence-corrected chi connectivity index (χ2v) is 9.81. The van der Waals surface area contributed by atoms with Gasteiger partial charge in [0, 0.05) is 0 Å². The second-order valence-electron chi connectivity index (χ2n) is 5.74. The van der Waals surface area contributed by atoms with Crippen LogP contribution in [0.15, 0.2) is 0 Å². The van der Waals surface area contributed by atoms with Gasteiger partial charge in [0.25, 0.3) is 0 Å². The van der Waals surface area contributed by atoms with Crippen LogP contribution in [0, 0.1) is 11.8 Å². The van der Waals surface area contributed by atoms with Gasteiger partial charge in [-0.15, -0.1) is 0 Å². The lowest BCUT2D eigenvalue weighted by molar-refractivity contribution is -0.139. The fourth-order valence-electron chi connectivity index (χ4n) is 0.972. The van der Waals surface area contributed by atoms with Crippen molar-refractivity contribution in [3.05, 3.63) is 0 Å². The van der Waals surface area contributed by atoms with Gasteiger partial charge in [0.15, 0.2) is 0 Å². The topological polar surface area (TPSA) is 55.8 Å². The first-order chi connectivity index (χ1) is 8.03. The monoisotopic (exact) mass is 296 g/mol. The highest BCUT2D eigenvalue weighted by molar-refractivity contribution is 8.10. The molecular formula is C12H25O4PS. The van der Waals surface area contributed by atoms with Crippen molar-refractivity contribution in [1.29, 1.82) is 0 Å². The number of carboxylic acids is 1. The van der Waals surface area contributed by atoms with Crippen LogP contribution in [-0.2, 0) is 25.6 Å². The maximum Gasteiger partial charge on any atom is 0.318 e. The van der Waals surface area contributed by atoms with E-state index in [9.17, 15) is 9.90 Å². The minimum Gasteiger partial charge on any atom is -0.480 e. The van der Waals surface area contributed by atoms with Gasteiger partial charge >= 0.3 is 5.97 Å². The van der Waals surface area contributed by atoms with Crippen molar-refractivity contribution in [1.82, 2.24) is 0 Å². The van der Waals surface area contributed by atoms with E-state index in [1.54, 1.807) is 13.8 Å². The van der Waals surface area contributed by atoms with Gasteiger partial charge < -0.3 is 14.2 Å². The Kier molecular flexibility index (Phi) is 7.01. The number of hydrogen-bond acceptors (Lipinski definition) is 4. The third kappa shape index (κ3) is 4.96. The second kappa shape index (κ2) is 6.99. The highest BCUT2D eigenvalue weighted by Crippen LogP contribution is 2.60. The molecule has 0 aromatic carbocycles. The zero-order chi connectivity index (χ0) is 14.6. The number of aliphatic carboxylic acids is 1. The normalized spacial score (nSPS) is 13.3. The fraction of sp³-hybridized carbons (Fsp3) is 0.917. The van der Waals surface area contributed by atoms with Gasteiger partial charge in [0.2, 0.25) is 6.49 Å². The van der Waals surface area contributed by atoms with Crippen molar-refractivity contribution in [3.63, 3.8) is 0 Å². The van der Waals surface area contributed by atoms with E-state index >= 15 is 0 Å². The van der Waals surface area contributed by atoms with E-state index in [1.807, 2.05) is 27.7 Å². The van der Waals surface area contributed by atoms with E-state index in [4.69, 9.17) is 20.9 Å².